The number of benzene rings is 1. The number of amides is 2. The summed E-state index contributed by atoms with van der Waals surface area (Å²) in [6, 6.07) is -0.424. The number of hydrogen-bond acceptors (Lipinski definition) is 17. The van der Waals surface area contributed by atoms with Crippen LogP contribution in [0.15, 0.2) is 24.4 Å². The number of nitrogens with one attached hydrogen (secondary N) is 3. The highest BCUT2D eigenvalue weighted by Gasteiger charge is 2.25. The number of nitro benzene ring substituents is 2. The van der Waals surface area contributed by atoms with Gasteiger partial charge in [0.1, 0.15) is 23.5 Å². The number of carboxylic acid groups (broad SMARTS) is 3. The number of unbranched alkanes of at least 4 members (excludes halogenated alkanes) is 1. The van der Waals surface area contributed by atoms with Crippen molar-refractivity contribution in [2.45, 2.75) is 57.3 Å². The van der Waals surface area contributed by atoms with E-state index < -0.39 is 58.0 Å². The lowest BCUT2D eigenvalue weighted by atomic mass is 10.1. The summed E-state index contributed by atoms with van der Waals surface area (Å²) in [5.41, 5.74) is -0.0121. The van der Waals surface area contributed by atoms with Gasteiger partial charge in [-0.2, -0.15) is 0 Å². The second-order valence-electron chi connectivity index (χ2n) is 12.1. The molecule has 1 aromatic heterocycles. The van der Waals surface area contributed by atoms with Crippen LogP contribution in [0.2, 0.25) is 0 Å². The van der Waals surface area contributed by atoms with Gasteiger partial charge in [-0.3, -0.25) is 29.7 Å². The topological polar surface area (TPSA) is 337 Å². The Hall–Kier alpha value is -5.60. The van der Waals surface area contributed by atoms with Crippen molar-refractivity contribution < 1.29 is 72.8 Å². The molecule has 25 heteroatoms. The van der Waals surface area contributed by atoms with Gasteiger partial charge in [0.25, 0.3) is 11.4 Å². The largest absolute Gasteiger partial charge is 0.481 e. The van der Waals surface area contributed by atoms with Gasteiger partial charge in [0, 0.05) is 25.6 Å². The van der Waals surface area contributed by atoms with Crippen molar-refractivity contribution in [3.8, 4) is 0 Å². The molecule has 2 atom stereocenters. The van der Waals surface area contributed by atoms with Crippen molar-refractivity contribution >= 4 is 41.0 Å². The lowest BCUT2D eigenvalue weighted by molar-refractivity contribution is -0.393. The van der Waals surface area contributed by atoms with Crippen LogP contribution in [0.25, 0.3) is 0 Å². The van der Waals surface area contributed by atoms with Crippen LogP contribution in [0.3, 0.4) is 0 Å². The summed E-state index contributed by atoms with van der Waals surface area (Å²) in [6.07, 6.45) is 1.82. The fourth-order valence-corrected chi connectivity index (χ4v) is 4.75. The Labute approximate surface area is 331 Å². The third-order valence-electron chi connectivity index (χ3n) is 7.63. The summed E-state index contributed by atoms with van der Waals surface area (Å²) < 4.78 is 34.3. The summed E-state index contributed by atoms with van der Waals surface area (Å²) in [6.45, 7) is 4.60. The van der Waals surface area contributed by atoms with E-state index in [1.54, 1.807) is 10.9 Å². The molecule has 0 aliphatic heterocycles. The number of aromatic nitrogens is 3. The van der Waals surface area contributed by atoms with Crippen molar-refractivity contribution in [1.29, 1.82) is 0 Å². The molecule has 0 aliphatic rings. The Kier molecular flexibility index (Phi) is 24.1. The maximum atomic E-state index is 12.1. The van der Waals surface area contributed by atoms with Crippen LogP contribution in [0.1, 0.15) is 37.8 Å². The fourth-order valence-electron chi connectivity index (χ4n) is 4.75. The SMILES string of the molecule is O=C(O)CC[C@H](NC(=O)N[C@@H](CCCCn1cc(COCCOCCOCCOCCOCCOCCNc2ccc([N+](=O)[O-])cc2[N+](=O)[O-])nn1)C(=O)O)C(=O)O. The number of carboxylic acids is 3. The molecule has 6 N–H and O–H groups in total. The molecule has 1 heterocycles. The average molecular weight is 831 g/mol. The lowest BCUT2D eigenvalue weighted by Crippen LogP contribution is -2.51. The second-order valence-corrected chi connectivity index (χ2v) is 12.1. The maximum Gasteiger partial charge on any atom is 0.326 e. The predicted molar refractivity (Wildman–Crippen MR) is 197 cm³/mol. The Morgan fingerprint density at radius 2 is 1.26 bits per heavy atom. The quantitative estimate of drug-likeness (QED) is 0.0321. The first kappa shape index (κ1) is 48.5. The predicted octanol–water partition coefficient (Wildman–Crippen LogP) is 1.05. The minimum atomic E-state index is -1.48. The van der Waals surface area contributed by atoms with Crippen molar-refractivity contribution in [1.82, 2.24) is 25.6 Å². The summed E-state index contributed by atoms with van der Waals surface area (Å²) in [5, 5.41) is 64.5. The molecule has 25 nitrogen and oxygen atoms in total. The molecule has 0 saturated heterocycles. The van der Waals surface area contributed by atoms with E-state index in [-0.39, 0.29) is 44.0 Å². The zero-order chi connectivity index (χ0) is 42.5. The molecule has 2 amide bonds. The van der Waals surface area contributed by atoms with Crippen LogP contribution in [-0.4, -0.2) is 155 Å². The number of nitrogens with zero attached hydrogens (tertiary/aromatic N) is 5. The normalized spacial score (nSPS) is 12.1. The molecule has 2 rings (SSSR count). The number of aliphatic carboxylic acids is 3. The van der Waals surface area contributed by atoms with Gasteiger partial charge >= 0.3 is 23.9 Å². The zero-order valence-electron chi connectivity index (χ0n) is 31.7. The number of aryl methyl sites for hydroxylation is 1. The van der Waals surface area contributed by atoms with Crippen molar-refractivity contribution in [3.63, 3.8) is 0 Å². The number of carbonyl (C=O) groups is 4. The van der Waals surface area contributed by atoms with Gasteiger partial charge in [0.2, 0.25) is 0 Å². The molecular formula is C33H50N8O17. The van der Waals surface area contributed by atoms with Crippen LogP contribution >= 0.6 is 0 Å². The Balaban J connectivity index is 1.39. The van der Waals surface area contributed by atoms with Crippen molar-refractivity contribution in [2.75, 3.05) is 84.5 Å². The summed E-state index contributed by atoms with van der Waals surface area (Å²) >= 11 is 0. The minimum absolute atomic E-state index is 0.0621. The maximum absolute atomic E-state index is 12.1. The van der Waals surface area contributed by atoms with Crippen LogP contribution in [0, 0.1) is 20.2 Å². The van der Waals surface area contributed by atoms with Gasteiger partial charge < -0.3 is 59.7 Å². The van der Waals surface area contributed by atoms with E-state index in [1.165, 1.54) is 12.1 Å². The van der Waals surface area contributed by atoms with Gasteiger partial charge in [-0.25, -0.2) is 14.4 Å². The third kappa shape index (κ3) is 21.6. The molecule has 58 heavy (non-hydrogen) atoms. The molecule has 324 valence electrons. The summed E-state index contributed by atoms with van der Waals surface area (Å²) in [5.74, 6) is -3.97. The van der Waals surface area contributed by atoms with E-state index in [1.807, 2.05) is 0 Å². The standard InChI is InChI=1S/C33H50N8O17/c42-30(43)7-6-28(32(46)47)36-33(48)35-27(31(44)45)3-1-2-9-39-22-24(37-38-39)23-58-20-19-57-18-17-56-16-15-55-14-13-54-12-11-53-10-8-34-26-5-4-25(40(49)50)21-29(26)41(51)52/h4-5,21-22,27-28,34H,1-3,6-20,23H2,(H,42,43)(H,44,45)(H,46,47)(H2,35,36,48)/t27-,28-/m0/s1. The van der Waals surface area contributed by atoms with E-state index in [9.17, 15) is 44.5 Å². The molecular weight excluding hydrogens is 780 g/mol. The summed E-state index contributed by atoms with van der Waals surface area (Å²) in [4.78, 5) is 66.2. The van der Waals surface area contributed by atoms with Gasteiger partial charge in [-0.1, -0.05) is 5.21 Å². The molecule has 0 aliphatic carbocycles. The van der Waals surface area contributed by atoms with Gasteiger partial charge in [0.15, 0.2) is 0 Å². The van der Waals surface area contributed by atoms with Gasteiger partial charge in [0.05, 0.1) is 101 Å². The van der Waals surface area contributed by atoms with Gasteiger partial charge in [-0.05, 0) is 31.7 Å². The minimum Gasteiger partial charge on any atom is -0.481 e. The zero-order valence-corrected chi connectivity index (χ0v) is 31.7. The number of nitro groups is 2. The van der Waals surface area contributed by atoms with Crippen molar-refractivity contribution in [3.05, 3.63) is 50.3 Å². The lowest BCUT2D eigenvalue weighted by Gasteiger charge is -2.18. The van der Waals surface area contributed by atoms with E-state index in [0.717, 1.165) is 6.07 Å². The van der Waals surface area contributed by atoms with Crippen LogP contribution in [0.4, 0.5) is 21.9 Å². The molecule has 2 aromatic rings. The number of rotatable bonds is 35. The summed E-state index contributed by atoms with van der Waals surface area (Å²) in [7, 11) is 0. The van der Waals surface area contributed by atoms with Gasteiger partial charge in [-0.15, -0.1) is 5.10 Å². The number of carbonyl (C=O) groups excluding carboxylic acids is 1. The van der Waals surface area contributed by atoms with Crippen molar-refractivity contribution in [2.24, 2.45) is 0 Å². The number of anilines is 1. The highest BCUT2D eigenvalue weighted by atomic mass is 16.6. The van der Waals surface area contributed by atoms with E-state index >= 15 is 0 Å². The molecule has 0 saturated carbocycles. The number of ether oxygens (including phenoxy) is 6. The first-order valence-electron chi connectivity index (χ1n) is 18.1. The highest BCUT2D eigenvalue weighted by molar-refractivity contribution is 5.86. The highest BCUT2D eigenvalue weighted by Crippen LogP contribution is 2.28. The Morgan fingerprint density at radius 3 is 1.78 bits per heavy atom. The second kappa shape index (κ2) is 28.7. The molecule has 1 aromatic carbocycles. The van der Waals surface area contributed by atoms with Crippen LogP contribution in [0.5, 0.6) is 0 Å². The molecule has 0 bridgehead atoms. The first-order chi connectivity index (χ1) is 27.9. The first-order valence-corrected chi connectivity index (χ1v) is 18.1. The van der Waals surface area contributed by atoms with E-state index in [0.29, 0.717) is 91.1 Å². The van der Waals surface area contributed by atoms with Crippen LogP contribution < -0.4 is 16.0 Å². The fraction of sp³-hybridized carbons (Fsp3) is 0.636. The molecule has 0 fully saturated rings. The van der Waals surface area contributed by atoms with E-state index in [2.05, 4.69) is 26.3 Å². The molecule has 0 spiro atoms. The third-order valence-corrected chi connectivity index (χ3v) is 7.63. The number of hydrogen-bond donors (Lipinski definition) is 6. The molecule has 0 unspecified atom stereocenters. The number of non-ortho nitro benzene ring substituents is 1. The Bertz CT molecular complexity index is 1580. The molecule has 0 radical (unpaired) electrons. The van der Waals surface area contributed by atoms with E-state index in [4.69, 9.17) is 38.6 Å². The average Bonchev–Trinajstić information content (AvgIpc) is 3.63. The number of urea groups is 1. The Morgan fingerprint density at radius 1 is 0.724 bits per heavy atom. The smallest absolute Gasteiger partial charge is 0.326 e. The monoisotopic (exact) mass is 830 g/mol. The van der Waals surface area contributed by atoms with Crippen LogP contribution in [-0.2, 0) is 56.0 Å².